The van der Waals surface area contributed by atoms with Crippen molar-refractivity contribution in [3.63, 3.8) is 0 Å². The Hall–Kier alpha value is 0.140. The van der Waals surface area contributed by atoms with Crippen molar-refractivity contribution in [2.24, 2.45) is 0 Å². The molecule has 2 aliphatic rings. The number of hydrogen-bond acceptors (Lipinski definition) is 3. The third-order valence-corrected chi connectivity index (χ3v) is 6.93. The molecule has 0 amide bonds. The summed E-state index contributed by atoms with van der Waals surface area (Å²) in [7, 11) is 4.67. The zero-order chi connectivity index (χ0) is 22.0. The Labute approximate surface area is 203 Å². The fourth-order valence-corrected chi connectivity index (χ4v) is 4.50. The number of benzene rings is 2. The SMILES string of the molecule is C[C@]1(c2ccc(Br)cc2)CCCCN1.C[C@]1(c2ccc(Br)cc2)CNCCN1.PP. The van der Waals surface area contributed by atoms with Gasteiger partial charge in [-0.3, -0.25) is 0 Å². The van der Waals surface area contributed by atoms with Crippen LogP contribution in [0.1, 0.15) is 44.2 Å². The van der Waals surface area contributed by atoms with E-state index in [1.807, 2.05) is 0 Å². The zero-order valence-corrected chi connectivity index (χ0v) is 23.5. The van der Waals surface area contributed by atoms with E-state index in [0.29, 0.717) is 0 Å². The third kappa shape index (κ3) is 7.62. The van der Waals surface area contributed by atoms with E-state index in [1.165, 1.54) is 30.4 Å². The van der Waals surface area contributed by atoms with Crippen LogP contribution in [0.25, 0.3) is 0 Å². The Balaban J connectivity index is 0.000000197. The second kappa shape index (κ2) is 13.0. The molecule has 0 radical (unpaired) electrons. The van der Waals surface area contributed by atoms with E-state index in [2.05, 4.69) is 128 Å². The molecule has 4 rings (SSSR count). The number of hydrogen-bond donors (Lipinski definition) is 3. The number of nitrogens with one attached hydrogen (secondary N) is 3. The highest BCUT2D eigenvalue weighted by molar-refractivity contribution is 9.10. The minimum absolute atomic E-state index is 0.0823. The molecule has 0 bridgehead atoms. The van der Waals surface area contributed by atoms with Gasteiger partial charge in [0.15, 0.2) is 0 Å². The molecule has 2 unspecified atom stereocenters. The van der Waals surface area contributed by atoms with Gasteiger partial charge in [0.05, 0.1) is 5.54 Å². The highest BCUT2D eigenvalue weighted by atomic mass is 79.9. The summed E-state index contributed by atoms with van der Waals surface area (Å²) in [6.45, 7) is 8.78. The van der Waals surface area contributed by atoms with E-state index in [-0.39, 0.29) is 11.1 Å². The molecule has 3 nitrogen and oxygen atoms in total. The summed E-state index contributed by atoms with van der Waals surface area (Å²) in [5, 5.41) is 10.6. The summed E-state index contributed by atoms with van der Waals surface area (Å²) < 4.78 is 2.29. The summed E-state index contributed by atoms with van der Waals surface area (Å²) in [5.41, 5.74) is 3.02. The minimum Gasteiger partial charge on any atom is -0.313 e. The van der Waals surface area contributed by atoms with Gasteiger partial charge >= 0.3 is 0 Å². The van der Waals surface area contributed by atoms with Crippen LogP contribution in [0.2, 0.25) is 0 Å². The Morgan fingerprint density at radius 1 is 0.700 bits per heavy atom. The second-order valence-corrected chi connectivity index (χ2v) is 10.00. The van der Waals surface area contributed by atoms with Gasteiger partial charge in [0.1, 0.15) is 0 Å². The van der Waals surface area contributed by atoms with Crippen LogP contribution in [0.15, 0.2) is 57.5 Å². The van der Waals surface area contributed by atoms with Gasteiger partial charge in [0.2, 0.25) is 0 Å². The molecule has 2 fully saturated rings. The number of halogens is 2. The van der Waals surface area contributed by atoms with Crippen LogP contribution in [0.4, 0.5) is 0 Å². The van der Waals surface area contributed by atoms with Crippen molar-refractivity contribution in [1.29, 1.82) is 0 Å². The summed E-state index contributed by atoms with van der Waals surface area (Å²) in [6, 6.07) is 17.2. The monoisotopic (exact) mass is 573 g/mol. The van der Waals surface area contributed by atoms with Gasteiger partial charge in [-0.15, -0.1) is 17.9 Å². The summed E-state index contributed by atoms with van der Waals surface area (Å²) >= 11 is 6.92. The maximum atomic E-state index is 3.62. The first-order valence-corrected chi connectivity index (χ1v) is 14.7. The van der Waals surface area contributed by atoms with Crippen molar-refractivity contribution in [3.05, 3.63) is 68.6 Å². The molecule has 0 saturated carbocycles. The molecule has 4 atom stereocenters. The maximum Gasteiger partial charge on any atom is 0.0532 e. The first-order valence-electron chi connectivity index (χ1n) is 10.5. The number of piperidine rings is 1. The third-order valence-electron chi connectivity index (χ3n) is 5.88. The lowest BCUT2D eigenvalue weighted by Crippen LogP contribution is -2.54. The summed E-state index contributed by atoms with van der Waals surface area (Å²) in [5.74, 6) is 0. The van der Waals surface area contributed by atoms with Crippen LogP contribution in [0.3, 0.4) is 0 Å². The van der Waals surface area contributed by atoms with Gasteiger partial charge in [-0.2, -0.15) is 0 Å². The molecule has 30 heavy (non-hydrogen) atoms. The average molecular weight is 575 g/mol. The van der Waals surface area contributed by atoms with E-state index in [1.54, 1.807) is 0 Å². The van der Waals surface area contributed by atoms with Gasteiger partial charge in [-0.25, -0.2) is 0 Å². The molecule has 2 saturated heterocycles. The lowest BCUT2D eigenvalue weighted by atomic mass is 9.84. The van der Waals surface area contributed by atoms with Crippen LogP contribution >= 0.6 is 49.7 Å². The molecule has 2 aromatic rings. The van der Waals surface area contributed by atoms with Gasteiger partial charge in [-0.1, -0.05) is 62.5 Å². The Morgan fingerprint density at radius 3 is 1.63 bits per heavy atom. The molecule has 0 spiro atoms. The minimum atomic E-state index is 0.0823. The standard InChI is InChI=1S/C12H16BrN.C11H15BrN2.H4P2/c1-12(8-2-3-9-14-12)10-4-6-11(13)7-5-10;1-11(8-13-6-7-14-11)9-2-4-10(12)5-3-9;1-2/h4-7,14H,2-3,8-9H2,1H3;2-5,13-14H,6-8H2,1H3;1-2H2/t12-;11-;/m11./s1. The topological polar surface area (TPSA) is 36.1 Å². The Bertz CT molecular complexity index is 677. The fraction of sp³-hybridized carbons (Fsp3) is 0.478. The molecule has 2 aliphatic heterocycles. The predicted octanol–water partition coefficient (Wildman–Crippen LogP) is 5.95. The maximum absolute atomic E-state index is 3.62. The molecular formula is C23H35Br2N3P2. The van der Waals surface area contributed by atoms with Gasteiger partial charge in [-0.05, 0) is 68.6 Å². The quantitative estimate of drug-likeness (QED) is 0.388. The van der Waals surface area contributed by atoms with Crippen molar-refractivity contribution < 1.29 is 0 Å². The van der Waals surface area contributed by atoms with Crippen molar-refractivity contribution in [3.8, 4) is 0 Å². The van der Waals surface area contributed by atoms with E-state index in [9.17, 15) is 0 Å². The molecule has 2 heterocycles. The smallest absolute Gasteiger partial charge is 0.0532 e. The van der Waals surface area contributed by atoms with Gasteiger partial charge in [0.25, 0.3) is 0 Å². The predicted molar refractivity (Wildman–Crippen MR) is 145 cm³/mol. The Morgan fingerprint density at radius 2 is 1.20 bits per heavy atom. The summed E-state index contributed by atoms with van der Waals surface area (Å²) in [6.07, 6.45) is 3.89. The van der Waals surface area contributed by atoms with Gasteiger partial charge in [0, 0.05) is 34.1 Å². The fourth-order valence-electron chi connectivity index (χ4n) is 3.97. The van der Waals surface area contributed by atoms with Crippen LogP contribution in [0.5, 0.6) is 0 Å². The highest BCUT2D eigenvalue weighted by Crippen LogP contribution is 2.30. The van der Waals surface area contributed by atoms with Crippen molar-refractivity contribution in [2.45, 2.75) is 44.2 Å². The summed E-state index contributed by atoms with van der Waals surface area (Å²) in [4.78, 5) is 0. The lowest BCUT2D eigenvalue weighted by molar-refractivity contribution is 0.283. The van der Waals surface area contributed by atoms with E-state index in [0.717, 1.165) is 35.1 Å². The number of piperazine rings is 1. The average Bonchev–Trinajstić information content (AvgIpc) is 2.77. The van der Waals surface area contributed by atoms with Crippen molar-refractivity contribution in [1.82, 2.24) is 16.0 Å². The van der Waals surface area contributed by atoms with Crippen molar-refractivity contribution >= 4 is 49.7 Å². The molecule has 3 N–H and O–H groups in total. The van der Waals surface area contributed by atoms with Crippen LogP contribution in [-0.2, 0) is 11.1 Å². The van der Waals surface area contributed by atoms with Crippen molar-refractivity contribution in [2.75, 3.05) is 26.2 Å². The molecule has 2 aromatic carbocycles. The molecule has 0 aromatic heterocycles. The van der Waals surface area contributed by atoms with E-state index < -0.39 is 0 Å². The number of rotatable bonds is 2. The first kappa shape index (κ1) is 26.4. The van der Waals surface area contributed by atoms with E-state index in [4.69, 9.17) is 0 Å². The molecule has 7 heteroatoms. The largest absolute Gasteiger partial charge is 0.313 e. The molecule has 0 aliphatic carbocycles. The lowest BCUT2D eigenvalue weighted by Gasteiger charge is -2.36. The highest BCUT2D eigenvalue weighted by Gasteiger charge is 2.28. The van der Waals surface area contributed by atoms with Gasteiger partial charge < -0.3 is 16.0 Å². The van der Waals surface area contributed by atoms with E-state index >= 15 is 0 Å². The molecular weight excluding hydrogens is 540 g/mol. The van der Waals surface area contributed by atoms with Crippen LogP contribution < -0.4 is 16.0 Å². The molecule has 166 valence electrons. The van der Waals surface area contributed by atoms with Crippen LogP contribution in [0, 0.1) is 0 Å². The Kier molecular flexibility index (Phi) is 11.4. The normalized spacial score (nSPS) is 25.9. The second-order valence-electron chi connectivity index (χ2n) is 8.17. The van der Waals surface area contributed by atoms with Crippen LogP contribution in [-0.4, -0.2) is 26.2 Å². The first-order chi connectivity index (χ1) is 14.4. The zero-order valence-electron chi connectivity index (χ0n) is 18.0.